The van der Waals surface area contributed by atoms with E-state index in [1.807, 2.05) is 0 Å². The van der Waals surface area contributed by atoms with Crippen molar-refractivity contribution in [2.45, 2.75) is 6.61 Å². The molecule has 1 aromatic rings. The van der Waals surface area contributed by atoms with Crippen molar-refractivity contribution in [1.82, 2.24) is 4.98 Å². The van der Waals surface area contributed by atoms with Crippen LogP contribution in [0.5, 0.6) is 5.75 Å². The van der Waals surface area contributed by atoms with E-state index in [9.17, 15) is 8.78 Å². The first-order chi connectivity index (χ1) is 6.13. The lowest BCUT2D eigenvalue weighted by molar-refractivity contribution is -0.0500. The van der Waals surface area contributed by atoms with Crippen LogP contribution in [0.3, 0.4) is 0 Å². The number of alkyl halides is 2. The molecule has 0 N–H and O–H groups in total. The summed E-state index contributed by atoms with van der Waals surface area (Å²) in [6.45, 7) is -2.98. The van der Waals surface area contributed by atoms with Gasteiger partial charge < -0.3 is 4.74 Å². The summed E-state index contributed by atoms with van der Waals surface area (Å²) in [6, 6.07) is 2.82. The molecule has 0 radical (unpaired) electrons. The monoisotopic (exact) mass is 204 g/mol. The number of nitrogens with zero attached hydrogens (tertiary/aromatic N) is 2. The van der Waals surface area contributed by atoms with E-state index in [1.54, 1.807) is 6.07 Å². The number of hydrogen-bond acceptors (Lipinski definition) is 3. The minimum absolute atomic E-state index is 0.111. The Kier molecular flexibility index (Phi) is 2.98. The van der Waals surface area contributed by atoms with Gasteiger partial charge in [0.05, 0.1) is 5.56 Å². The quantitative estimate of drug-likeness (QED) is 0.694. The van der Waals surface area contributed by atoms with Crippen LogP contribution >= 0.6 is 11.6 Å². The predicted molar refractivity (Wildman–Crippen MR) is 40.6 cm³/mol. The zero-order valence-corrected chi connectivity index (χ0v) is 6.92. The topological polar surface area (TPSA) is 45.9 Å². The molecule has 0 bridgehead atoms. The van der Waals surface area contributed by atoms with Crippen molar-refractivity contribution in [3.63, 3.8) is 0 Å². The standard InChI is InChI=1S/C7H3ClF2N2O/c8-6-5(13-7(9)10)1-4(2-11)3-12-6/h1,3,7H. The lowest BCUT2D eigenvalue weighted by atomic mass is 10.3. The van der Waals surface area contributed by atoms with E-state index in [0.717, 1.165) is 6.07 Å². The molecule has 0 atom stereocenters. The van der Waals surface area contributed by atoms with Crippen LogP contribution in [0.15, 0.2) is 12.3 Å². The lowest BCUT2D eigenvalue weighted by Gasteiger charge is -2.04. The van der Waals surface area contributed by atoms with Gasteiger partial charge in [-0.25, -0.2) is 4.98 Å². The highest BCUT2D eigenvalue weighted by Gasteiger charge is 2.09. The number of ether oxygens (including phenoxy) is 1. The van der Waals surface area contributed by atoms with E-state index < -0.39 is 6.61 Å². The van der Waals surface area contributed by atoms with Gasteiger partial charge in [0.1, 0.15) is 6.07 Å². The zero-order valence-electron chi connectivity index (χ0n) is 6.17. The maximum absolute atomic E-state index is 11.7. The first-order valence-corrected chi connectivity index (χ1v) is 3.51. The first-order valence-electron chi connectivity index (χ1n) is 3.14. The summed E-state index contributed by atoms with van der Waals surface area (Å²) in [5.41, 5.74) is 0.111. The molecule has 0 unspecified atom stereocenters. The van der Waals surface area contributed by atoms with Gasteiger partial charge in [0, 0.05) is 12.3 Å². The summed E-state index contributed by atoms with van der Waals surface area (Å²) < 4.78 is 27.5. The van der Waals surface area contributed by atoms with Crippen molar-refractivity contribution in [2.24, 2.45) is 0 Å². The van der Waals surface area contributed by atoms with Gasteiger partial charge >= 0.3 is 6.61 Å². The van der Waals surface area contributed by atoms with Gasteiger partial charge in [-0.1, -0.05) is 11.6 Å². The second kappa shape index (κ2) is 4.01. The third-order valence-electron chi connectivity index (χ3n) is 1.15. The summed E-state index contributed by atoms with van der Waals surface area (Å²) in [5, 5.41) is 8.22. The Morgan fingerprint density at radius 3 is 2.85 bits per heavy atom. The van der Waals surface area contributed by atoms with E-state index in [0.29, 0.717) is 0 Å². The Labute approximate surface area is 77.5 Å². The predicted octanol–water partition coefficient (Wildman–Crippen LogP) is 2.21. The molecule has 1 rings (SSSR count). The van der Waals surface area contributed by atoms with Crippen LogP contribution in [-0.4, -0.2) is 11.6 Å². The van der Waals surface area contributed by atoms with Crippen molar-refractivity contribution in [2.75, 3.05) is 0 Å². The van der Waals surface area contributed by atoms with Crippen molar-refractivity contribution in [3.05, 3.63) is 23.0 Å². The molecule has 0 aliphatic heterocycles. The lowest BCUT2D eigenvalue weighted by Crippen LogP contribution is -2.03. The molecule has 0 saturated carbocycles. The third-order valence-corrected chi connectivity index (χ3v) is 1.44. The van der Waals surface area contributed by atoms with Crippen LogP contribution in [0.4, 0.5) is 8.78 Å². The maximum atomic E-state index is 11.7. The molecule has 0 fully saturated rings. The maximum Gasteiger partial charge on any atom is 0.387 e. The molecule has 0 saturated heterocycles. The van der Waals surface area contributed by atoms with Gasteiger partial charge in [0.25, 0.3) is 0 Å². The molecule has 6 heteroatoms. The fraction of sp³-hybridized carbons (Fsp3) is 0.143. The number of rotatable bonds is 2. The minimum Gasteiger partial charge on any atom is -0.431 e. The van der Waals surface area contributed by atoms with Gasteiger partial charge in [-0.15, -0.1) is 0 Å². The highest BCUT2D eigenvalue weighted by atomic mass is 35.5. The summed E-state index contributed by atoms with van der Waals surface area (Å²) in [6.07, 6.45) is 1.17. The highest BCUT2D eigenvalue weighted by molar-refractivity contribution is 6.30. The molecule has 0 aliphatic carbocycles. The number of pyridine rings is 1. The van der Waals surface area contributed by atoms with Gasteiger partial charge in [-0.05, 0) is 0 Å². The van der Waals surface area contributed by atoms with Crippen LogP contribution in [0.1, 0.15) is 5.56 Å². The van der Waals surface area contributed by atoms with Crippen LogP contribution in [0.25, 0.3) is 0 Å². The molecule has 68 valence electrons. The number of aromatic nitrogens is 1. The largest absolute Gasteiger partial charge is 0.431 e. The SMILES string of the molecule is N#Cc1cnc(Cl)c(OC(F)F)c1. The first kappa shape index (κ1) is 9.68. The Morgan fingerprint density at radius 1 is 1.62 bits per heavy atom. The van der Waals surface area contributed by atoms with Crippen LogP contribution < -0.4 is 4.74 Å². The average Bonchev–Trinajstić information content (AvgIpc) is 2.08. The van der Waals surface area contributed by atoms with Gasteiger partial charge in [0.2, 0.25) is 0 Å². The molecule has 3 nitrogen and oxygen atoms in total. The zero-order chi connectivity index (χ0) is 9.84. The molecular formula is C7H3ClF2N2O. The Hall–Kier alpha value is -1.41. The highest BCUT2D eigenvalue weighted by Crippen LogP contribution is 2.23. The second-order valence-electron chi connectivity index (χ2n) is 2.00. The van der Waals surface area contributed by atoms with Gasteiger partial charge in [-0.2, -0.15) is 14.0 Å². The van der Waals surface area contributed by atoms with E-state index in [1.165, 1.54) is 6.20 Å². The number of halogens is 3. The van der Waals surface area contributed by atoms with E-state index in [-0.39, 0.29) is 16.5 Å². The summed E-state index contributed by atoms with van der Waals surface area (Å²) in [7, 11) is 0. The average molecular weight is 205 g/mol. The number of nitriles is 1. The summed E-state index contributed by atoms with van der Waals surface area (Å²) in [5.74, 6) is -0.296. The molecule has 0 aliphatic rings. The fourth-order valence-electron chi connectivity index (χ4n) is 0.668. The molecule has 1 heterocycles. The van der Waals surface area contributed by atoms with Crippen molar-refractivity contribution in [3.8, 4) is 11.8 Å². The van der Waals surface area contributed by atoms with E-state index in [2.05, 4.69) is 9.72 Å². The molecule has 0 spiro atoms. The van der Waals surface area contributed by atoms with Crippen LogP contribution in [0.2, 0.25) is 5.15 Å². The fourth-order valence-corrected chi connectivity index (χ4v) is 0.816. The van der Waals surface area contributed by atoms with Crippen molar-refractivity contribution < 1.29 is 13.5 Å². The molecule has 1 aromatic heterocycles. The summed E-state index contributed by atoms with van der Waals surface area (Å²) >= 11 is 5.42. The molecular weight excluding hydrogens is 202 g/mol. The normalized spacial score (nSPS) is 9.77. The van der Waals surface area contributed by atoms with Crippen molar-refractivity contribution >= 4 is 11.6 Å². The van der Waals surface area contributed by atoms with Crippen molar-refractivity contribution in [1.29, 1.82) is 5.26 Å². The van der Waals surface area contributed by atoms with E-state index >= 15 is 0 Å². The smallest absolute Gasteiger partial charge is 0.387 e. The van der Waals surface area contributed by atoms with Crippen LogP contribution in [-0.2, 0) is 0 Å². The Morgan fingerprint density at radius 2 is 2.31 bits per heavy atom. The van der Waals surface area contributed by atoms with E-state index in [4.69, 9.17) is 16.9 Å². The summed E-state index contributed by atoms with van der Waals surface area (Å²) in [4.78, 5) is 3.49. The number of hydrogen-bond donors (Lipinski definition) is 0. The minimum atomic E-state index is -2.98. The third kappa shape index (κ3) is 2.53. The Balaban J connectivity index is 2.99. The second-order valence-corrected chi connectivity index (χ2v) is 2.36. The Bertz CT molecular complexity index is 351. The van der Waals surface area contributed by atoms with Gasteiger partial charge in [-0.3, -0.25) is 0 Å². The molecule has 0 amide bonds. The molecule has 0 aromatic carbocycles. The van der Waals surface area contributed by atoms with Gasteiger partial charge in [0.15, 0.2) is 10.9 Å². The van der Waals surface area contributed by atoms with Crippen LogP contribution in [0, 0.1) is 11.3 Å². The molecule has 13 heavy (non-hydrogen) atoms.